The van der Waals surface area contributed by atoms with Gasteiger partial charge >= 0.3 is 0 Å². The van der Waals surface area contributed by atoms with Crippen molar-refractivity contribution in [2.24, 2.45) is 0 Å². The molecule has 3 nitrogen and oxygen atoms in total. The Labute approximate surface area is 122 Å². The fraction of sp³-hybridized carbons (Fsp3) is 0.455. The van der Waals surface area contributed by atoms with Gasteiger partial charge in [0.1, 0.15) is 0 Å². The van der Waals surface area contributed by atoms with E-state index >= 15 is 0 Å². The van der Waals surface area contributed by atoms with Gasteiger partial charge in [0.05, 0.1) is 4.90 Å². The molecule has 0 aliphatic carbocycles. The van der Waals surface area contributed by atoms with E-state index in [0.29, 0.717) is 6.42 Å². The monoisotopic (exact) mass is 329 g/mol. The topological polar surface area (TPSA) is 46.2 Å². The predicted molar refractivity (Wildman–Crippen MR) is 76.2 cm³/mol. The summed E-state index contributed by atoms with van der Waals surface area (Å²) in [7, 11) is -3.59. The van der Waals surface area contributed by atoms with Crippen molar-refractivity contribution >= 4 is 44.8 Å². The average molecular weight is 331 g/mol. The van der Waals surface area contributed by atoms with Gasteiger partial charge in [0.2, 0.25) is 10.0 Å². The number of hydrogen-bond donors (Lipinski definition) is 1. The quantitative estimate of drug-likeness (QED) is 0.809. The van der Waals surface area contributed by atoms with Crippen LogP contribution in [-0.4, -0.2) is 20.3 Å². The molecule has 0 spiro atoms. The van der Waals surface area contributed by atoms with Crippen molar-refractivity contribution in [2.75, 3.05) is 6.54 Å². The minimum atomic E-state index is -3.59. The summed E-state index contributed by atoms with van der Waals surface area (Å²) in [6, 6.07) is 4.19. The lowest BCUT2D eigenvalue weighted by Gasteiger charge is -2.09. The standard InChI is InChI=1S/C11H14Cl3NO2S/c1-2-8(12)3-4-15-18(16,17)11-6-9(13)5-10(14)7-11/h5-8,15H,2-4H2,1H3. The zero-order valence-corrected chi connectivity index (χ0v) is 12.9. The van der Waals surface area contributed by atoms with Gasteiger partial charge in [-0.25, -0.2) is 13.1 Å². The van der Waals surface area contributed by atoms with E-state index in [4.69, 9.17) is 34.8 Å². The van der Waals surface area contributed by atoms with E-state index in [-0.39, 0.29) is 26.9 Å². The molecule has 1 aromatic carbocycles. The second-order valence-corrected chi connectivity index (χ2v) is 7.05. The van der Waals surface area contributed by atoms with Gasteiger partial charge < -0.3 is 0 Å². The molecule has 1 atom stereocenters. The summed E-state index contributed by atoms with van der Waals surface area (Å²) in [5.74, 6) is 0. The summed E-state index contributed by atoms with van der Waals surface area (Å²) < 4.78 is 26.3. The molecule has 0 bridgehead atoms. The van der Waals surface area contributed by atoms with E-state index in [1.165, 1.54) is 18.2 Å². The number of rotatable bonds is 6. The molecule has 0 saturated heterocycles. The third-order valence-corrected chi connectivity index (χ3v) is 4.74. The van der Waals surface area contributed by atoms with Gasteiger partial charge in [0.25, 0.3) is 0 Å². The zero-order chi connectivity index (χ0) is 13.8. The molecule has 7 heteroatoms. The molecule has 0 aliphatic heterocycles. The normalized spacial score (nSPS) is 13.6. The Bertz CT molecular complexity index is 485. The first-order valence-corrected chi connectivity index (χ1v) is 8.12. The Hall–Kier alpha value is -0.000000000000000111. The third-order valence-electron chi connectivity index (χ3n) is 2.34. The summed E-state index contributed by atoms with van der Waals surface area (Å²) in [5.41, 5.74) is 0. The van der Waals surface area contributed by atoms with Crippen LogP contribution >= 0.6 is 34.8 Å². The second kappa shape index (κ2) is 6.96. The van der Waals surface area contributed by atoms with E-state index in [9.17, 15) is 8.42 Å². The molecule has 1 aromatic rings. The second-order valence-electron chi connectivity index (χ2n) is 3.80. The van der Waals surface area contributed by atoms with Crippen LogP contribution in [0.1, 0.15) is 19.8 Å². The van der Waals surface area contributed by atoms with E-state index < -0.39 is 10.0 Å². The number of halogens is 3. The Morgan fingerprint density at radius 3 is 2.28 bits per heavy atom. The molecule has 1 rings (SSSR count). The van der Waals surface area contributed by atoms with Crippen LogP contribution in [0.4, 0.5) is 0 Å². The first-order valence-electron chi connectivity index (χ1n) is 5.45. The number of alkyl halides is 1. The van der Waals surface area contributed by atoms with Crippen LogP contribution in [0.5, 0.6) is 0 Å². The van der Waals surface area contributed by atoms with Gasteiger partial charge in [0, 0.05) is 22.0 Å². The van der Waals surface area contributed by atoms with Crippen LogP contribution < -0.4 is 4.72 Å². The van der Waals surface area contributed by atoms with Crippen LogP contribution in [0.2, 0.25) is 10.0 Å². The third kappa shape index (κ3) is 4.94. The van der Waals surface area contributed by atoms with Crippen molar-refractivity contribution in [3.8, 4) is 0 Å². The SMILES string of the molecule is CCC(Cl)CCNS(=O)(=O)c1cc(Cl)cc(Cl)c1. The van der Waals surface area contributed by atoms with Crippen LogP contribution in [0.15, 0.2) is 23.1 Å². The smallest absolute Gasteiger partial charge is 0.211 e. The molecule has 0 aromatic heterocycles. The minimum Gasteiger partial charge on any atom is -0.211 e. The average Bonchev–Trinajstić information content (AvgIpc) is 2.27. The lowest BCUT2D eigenvalue weighted by atomic mass is 10.2. The molecule has 0 fully saturated rings. The number of nitrogens with one attached hydrogen (secondary N) is 1. The van der Waals surface area contributed by atoms with E-state index in [0.717, 1.165) is 6.42 Å². The van der Waals surface area contributed by atoms with Crippen LogP contribution in [0.25, 0.3) is 0 Å². The predicted octanol–water partition coefficient (Wildman–Crippen LogP) is 3.68. The highest BCUT2D eigenvalue weighted by Gasteiger charge is 2.15. The van der Waals surface area contributed by atoms with Crippen LogP contribution in [0, 0.1) is 0 Å². The molecule has 102 valence electrons. The van der Waals surface area contributed by atoms with Crippen molar-refractivity contribution < 1.29 is 8.42 Å². The van der Waals surface area contributed by atoms with Crippen LogP contribution in [-0.2, 0) is 10.0 Å². The maximum atomic E-state index is 11.9. The first kappa shape index (κ1) is 16.1. The molecule has 0 radical (unpaired) electrons. The van der Waals surface area contributed by atoms with Gasteiger partial charge in [-0.15, -0.1) is 11.6 Å². The van der Waals surface area contributed by atoms with Crippen molar-refractivity contribution in [1.82, 2.24) is 4.72 Å². The summed E-state index contributed by atoms with van der Waals surface area (Å²) in [6.07, 6.45) is 1.37. The van der Waals surface area contributed by atoms with Crippen molar-refractivity contribution in [3.05, 3.63) is 28.2 Å². The summed E-state index contributed by atoms with van der Waals surface area (Å²) >= 11 is 17.4. The highest BCUT2D eigenvalue weighted by molar-refractivity contribution is 7.89. The Kier molecular flexibility index (Phi) is 6.21. The number of sulfonamides is 1. The van der Waals surface area contributed by atoms with E-state index in [1.54, 1.807) is 0 Å². The number of hydrogen-bond acceptors (Lipinski definition) is 2. The Morgan fingerprint density at radius 1 is 1.22 bits per heavy atom. The molecule has 1 unspecified atom stereocenters. The molecule has 18 heavy (non-hydrogen) atoms. The first-order chi connectivity index (χ1) is 8.35. The zero-order valence-electron chi connectivity index (χ0n) is 9.79. The lowest BCUT2D eigenvalue weighted by Crippen LogP contribution is -2.26. The largest absolute Gasteiger partial charge is 0.240 e. The molecule has 0 aliphatic rings. The van der Waals surface area contributed by atoms with E-state index in [1.807, 2.05) is 6.92 Å². The fourth-order valence-corrected chi connectivity index (χ4v) is 3.20. The van der Waals surface area contributed by atoms with Crippen LogP contribution in [0.3, 0.4) is 0 Å². The van der Waals surface area contributed by atoms with Gasteiger partial charge in [-0.05, 0) is 31.0 Å². The summed E-state index contributed by atoms with van der Waals surface area (Å²) in [6.45, 7) is 2.23. The summed E-state index contributed by atoms with van der Waals surface area (Å²) in [5, 5.41) is 0.536. The molecule has 1 N–H and O–H groups in total. The van der Waals surface area contributed by atoms with Gasteiger partial charge in [-0.1, -0.05) is 30.1 Å². The number of benzene rings is 1. The summed E-state index contributed by atoms with van der Waals surface area (Å²) in [4.78, 5) is 0.0580. The maximum Gasteiger partial charge on any atom is 0.240 e. The van der Waals surface area contributed by atoms with Gasteiger partial charge in [0.15, 0.2) is 0 Å². The highest BCUT2D eigenvalue weighted by atomic mass is 35.5. The van der Waals surface area contributed by atoms with Gasteiger partial charge in [-0.2, -0.15) is 0 Å². The molecule has 0 amide bonds. The Morgan fingerprint density at radius 2 is 1.78 bits per heavy atom. The molecule has 0 saturated carbocycles. The minimum absolute atomic E-state index is 0.0318. The maximum absolute atomic E-state index is 11.9. The van der Waals surface area contributed by atoms with Gasteiger partial charge in [-0.3, -0.25) is 0 Å². The van der Waals surface area contributed by atoms with Crippen molar-refractivity contribution in [2.45, 2.75) is 30.0 Å². The fourth-order valence-electron chi connectivity index (χ4n) is 1.32. The molecular weight excluding hydrogens is 317 g/mol. The highest BCUT2D eigenvalue weighted by Crippen LogP contribution is 2.22. The van der Waals surface area contributed by atoms with Crippen molar-refractivity contribution in [3.63, 3.8) is 0 Å². The lowest BCUT2D eigenvalue weighted by molar-refractivity contribution is 0.576. The Balaban J connectivity index is 2.74. The molecular formula is C11H14Cl3NO2S. The molecule has 0 heterocycles. The van der Waals surface area contributed by atoms with E-state index in [2.05, 4.69) is 4.72 Å². The van der Waals surface area contributed by atoms with Crippen molar-refractivity contribution in [1.29, 1.82) is 0 Å².